The highest BCUT2D eigenvalue weighted by atomic mass is 79.9. The van der Waals surface area contributed by atoms with E-state index in [9.17, 15) is 8.42 Å². The number of ether oxygens (including phenoxy) is 1. The summed E-state index contributed by atoms with van der Waals surface area (Å²) in [6, 6.07) is 11.5. The molecule has 0 saturated carbocycles. The Hall–Kier alpha value is -1.24. The molecule has 0 aliphatic carbocycles. The Morgan fingerprint density at radius 1 is 1.19 bits per heavy atom. The van der Waals surface area contributed by atoms with Gasteiger partial charge in [0.05, 0.1) is 17.8 Å². The van der Waals surface area contributed by atoms with Crippen molar-refractivity contribution in [3.63, 3.8) is 0 Å². The normalized spacial score (nSPS) is 11.2. The minimum atomic E-state index is -3.74. The Morgan fingerprint density at radius 3 is 2.52 bits per heavy atom. The minimum absolute atomic E-state index is 0.0534. The van der Waals surface area contributed by atoms with Crippen molar-refractivity contribution in [3.05, 3.63) is 52.0 Å². The maximum absolute atomic E-state index is 12.6. The van der Waals surface area contributed by atoms with E-state index in [1.165, 1.54) is 24.5 Å². The molecule has 0 fully saturated rings. The Morgan fingerprint density at radius 2 is 1.90 bits per heavy atom. The lowest BCUT2D eigenvalue weighted by Crippen LogP contribution is -2.26. The molecule has 7 heteroatoms. The molecule has 0 aromatic heterocycles. The van der Waals surface area contributed by atoms with Gasteiger partial charge < -0.3 is 4.74 Å². The van der Waals surface area contributed by atoms with Gasteiger partial charge in [0.2, 0.25) is 0 Å². The molecule has 4 nitrogen and oxygen atoms in total. The van der Waals surface area contributed by atoms with Crippen LogP contribution in [-0.2, 0) is 10.0 Å². The van der Waals surface area contributed by atoms with E-state index in [2.05, 4.69) is 15.9 Å². The summed E-state index contributed by atoms with van der Waals surface area (Å²) in [5, 5.41) is 0.166. The number of nitrogens with zero attached hydrogens (tertiary/aromatic N) is 1. The average molecular weight is 391 g/mol. The van der Waals surface area contributed by atoms with Crippen LogP contribution in [0.1, 0.15) is 0 Å². The summed E-state index contributed by atoms with van der Waals surface area (Å²) >= 11 is 9.30. The second-order valence-electron chi connectivity index (χ2n) is 4.25. The molecule has 0 radical (unpaired) electrons. The first-order chi connectivity index (χ1) is 9.86. The molecule has 0 N–H and O–H groups in total. The zero-order chi connectivity index (χ0) is 15.6. The third-order valence-corrected chi connectivity index (χ3v) is 5.71. The van der Waals surface area contributed by atoms with E-state index < -0.39 is 10.0 Å². The maximum Gasteiger partial charge on any atom is 0.265 e. The van der Waals surface area contributed by atoms with Crippen molar-refractivity contribution in [3.8, 4) is 5.75 Å². The van der Waals surface area contributed by atoms with Crippen molar-refractivity contribution in [2.75, 3.05) is 18.5 Å². The summed E-state index contributed by atoms with van der Waals surface area (Å²) in [6.45, 7) is 0. The monoisotopic (exact) mass is 389 g/mol. The molecule has 0 atom stereocenters. The van der Waals surface area contributed by atoms with Gasteiger partial charge in [-0.15, -0.1) is 0 Å². The van der Waals surface area contributed by atoms with E-state index in [4.69, 9.17) is 16.3 Å². The fourth-order valence-corrected chi connectivity index (χ4v) is 3.97. The summed E-state index contributed by atoms with van der Waals surface area (Å²) < 4.78 is 32.3. The molecule has 2 aromatic carbocycles. The number of benzene rings is 2. The Balaban J connectivity index is 2.47. The molecule has 0 amide bonds. The van der Waals surface area contributed by atoms with Gasteiger partial charge in [0.25, 0.3) is 10.0 Å². The summed E-state index contributed by atoms with van der Waals surface area (Å²) in [4.78, 5) is 0.0534. The molecule has 0 unspecified atom stereocenters. The van der Waals surface area contributed by atoms with Gasteiger partial charge in [-0.1, -0.05) is 33.6 Å². The van der Waals surface area contributed by atoms with Crippen LogP contribution in [-0.4, -0.2) is 22.6 Å². The second kappa shape index (κ2) is 6.25. The van der Waals surface area contributed by atoms with Gasteiger partial charge in [-0.3, -0.25) is 4.31 Å². The highest BCUT2D eigenvalue weighted by Gasteiger charge is 2.24. The predicted octanol–water partition coefficient (Wildman–Crippen LogP) is 3.94. The zero-order valence-electron chi connectivity index (χ0n) is 11.4. The van der Waals surface area contributed by atoms with Crippen molar-refractivity contribution in [2.24, 2.45) is 0 Å². The molecule has 112 valence electrons. The fraction of sp³-hybridized carbons (Fsp3) is 0.143. The summed E-state index contributed by atoms with van der Waals surface area (Å²) in [6.07, 6.45) is 0. The lowest BCUT2D eigenvalue weighted by atomic mass is 10.3. The van der Waals surface area contributed by atoms with E-state index in [1.54, 1.807) is 36.4 Å². The minimum Gasteiger partial charge on any atom is -0.497 e. The molecule has 0 bridgehead atoms. The third kappa shape index (κ3) is 3.33. The number of hydrogen-bond donors (Lipinski definition) is 0. The third-order valence-electron chi connectivity index (χ3n) is 2.95. The molecule has 2 aromatic rings. The molecule has 0 heterocycles. The van der Waals surface area contributed by atoms with Gasteiger partial charge in [0.1, 0.15) is 10.6 Å². The van der Waals surface area contributed by atoms with Crippen LogP contribution in [0.5, 0.6) is 5.75 Å². The summed E-state index contributed by atoms with van der Waals surface area (Å²) in [5.41, 5.74) is 0.494. The molecule has 0 aliphatic rings. The first-order valence-electron chi connectivity index (χ1n) is 5.94. The Bertz CT molecular complexity index is 765. The van der Waals surface area contributed by atoms with Crippen molar-refractivity contribution >= 4 is 43.2 Å². The number of hydrogen-bond acceptors (Lipinski definition) is 3. The summed E-state index contributed by atoms with van der Waals surface area (Å²) in [5.74, 6) is 0.580. The lowest BCUT2D eigenvalue weighted by molar-refractivity contribution is 0.415. The first-order valence-corrected chi connectivity index (χ1v) is 8.55. The van der Waals surface area contributed by atoms with Gasteiger partial charge in [0, 0.05) is 17.6 Å². The van der Waals surface area contributed by atoms with E-state index in [-0.39, 0.29) is 9.92 Å². The van der Waals surface area contributed by atoms with Crippen LogP contribution < -0.4 is 9.04 Å². The number of halogens is 2. The van der Waals surface area contributed by atoms with Crippen molar-refractivity contribution in [1.82, 2.24) is 0 Å². The standard InChI is InChI=1S/C14H13BrClNO3S/c1-17(11-4-3-5-12(9-11)20-2)21(18,19)14-7-6-10(15)8-13(14)16/h3-9H,1-2H3. The fourth-order valence-electron chi connectivity index (χ4n) is 1.78. The molecule has 0 spiro atoms. The van der Waals surface area contributed by atoms with E-state index in [0.29, 0.717) is 11.4 Å². The zero-order valence-corrected chi connectivity index (χ0v) is 14.5. The average Bonchev–Trinajstić information content (AvgIpc) is 2.46. The van der Waals surface area contributed by atoms with Crippen molar-refractivity contribution in [2.45, 2.75) is 4.90 Å². The topological polar surface area (TPSA) is 46.6 Å². The molecular weight excluding hydrogens is 378 g/mol. The molecule has 0 aliphatic heterocycles. The lowest BCUT2D eigenvalue weighted by Gasteiger charge is -2.20. The quantitative estimate of drug-likeness (QED) is 0.794. The van der Waals surface area contributed by atoms with E-state index >= 15 is 0 Å². The molecule has 2 rings (SSSR count). The highest BCUT2D eigenvalue weighted by Crippen LogP contribution is 2.30. The summed E-state index contributed by atoms with van der Waals surface area (Å²) in [7, 11) is -0.738. The van der Waals surface area contributed by atoms with Gasteiger partial charge in [-0.2, -0.15) is 0 Å². The largest absolute Gasteiger partial charge is 0.497 e. The second-order valence-corrected chi connectivity index (χ2v) is 7.51. The van der Waals surface area contributed by atoms with Gasteiger partial charge in [-0.25, -0.2) is 8.42 Å². The van der Waals surface area contributed by atoms with Gasteiger partial charge in [0.15, 0.2) is 0 Å². The first kappa shape index (κ1) is 16.1. The van der Waals surface area contributed by atoms with E-state index in [1.807, 2.05) is 0 Å². The van der Waals surface area contributed by atoms with Crippen LogP contribution in [0.4, 0.5) is 5.69 Å². The number of methoxy groups -OCH3 is 1. The predicted molar refractivity (Wildman–Crippen MR) is 87.7 cm³/mol. The van der Waals surface area contributed by atoms with Gasteiger partial charge >= 0.3 is 0 Å². The number of rotatable bonds is 4. The van der Waals surface area contributed by atoms with Crippen LogP contribution in [0, 0.1) is 0 Å². The molecular formula is C14H13BrClNO3S. The van der Waals surface area contributed by atoms with E-state index in [0.717, 1.165) is 4.47 Å². The van der Waals surface area contributed by atoms with Crippen LogP contribution in [0.3, 0.4) is 0 Å². The maximum atomic E-state index is 12.6. The number of anilines is 1. The highest BCUT2D eigenvalue weighted by molar-refractivity contribution is 9.10. The van der Waals surface area contributed by atoms with Gasteiger partial charge in [-0.05, 0) is 30.3 Å². The van der Waals surface area contributed by atoms with Crippen LogP contribution in [0.15, 0.2) is 51.8 Å². The van der Waals surface area contributed by atoms with Crippen LogP contribution in [0.2, 0.25) is 5.02 Å². The Labute approximate surface area is 137 Å². The molecule has 21 heavy (non-hydrogen) atoms. The number of sulfonamides is 1. The smallest absolute Gasteiger partial charge is 0.265 e. The van der Waals surface area contributed by atoms with Crippen LogP contribution >= 0.6 is 27.5 Å². The van der Waals surface area contributed by atoms with Crippen molar-refractivity contribution < 1.29 is 13.2 Å². The SMILES string of the molecule is COc1cccc(N(C)S(=O)(=O)c2ccc(Br)cc2Cl)c1. The van der Waals surface area contributed by atoms with Crippen LogP contribution in [0.25, 0.3) is 0 Å². The Kier molecular flexibility index (Phi) is 4.81. The molecule has 0 saturated heterocycles. The van der Waals surface area contributed by atoms with Crippen molar-refractivity contribution in [1.29, 1.82) is 0 Å².